The minimum absolute atomic E-state index is 0.477. The second-order valence-corrected chi connectivity index (χ2v) is 5.44. The highest BCUT2D eigenvalue weighted by Crippen LogP contribution is 2.41. The summed E-state index contributed by atoms with van der Waals surface area (Å²) in [6, 6.07) is 9.27. The SMILES string of the molecule is CCCOc1c(OC)cc(C=O)cc1Oc1cc(C)cc(C)c1. The zero-order chi connectivity index (χ0) is 16.8. The number of hydrogen-bond acceptors (Lipinski definition) is 4. The van der Waals surface area contributed by atoms with E-state index in [1.807, 2.05) is 32.9 Å². The zero-order valence-electron chi connectivity index (χ0n) is 14.0. The Kier molecular flexibility index (Phi) is 5.63. The van der Waals surface area contributed by atoms with Crippen molar-refractivity contribution in [1.29, 1.82) is 0 Å². The molecule has 0 N–H and O–H groups in total. The Bertz CT molecular complexity index is 672. The molecule has 4 nitrogen and oxygen atoms in total. The topological polar surface area (TPSA) is 44.8 Å². The van der Waals surface area contributed by atoms with E-state index in [2.05, 4.69) is 6.07 Å². The largest absolute Gasteiger partial charge is 0.493 e. The molecule has 0 heterocycles. The minimum atomic E-state index is 0.477. The molecule has 2 rings (SSSR count). The van der Waals surface area contributed by atoms with Crippen LogP contribution in [0.5, 0.6) is 23.0 Å². The van der Waals surface area contributed by atoms with Crippen LogP contribution in [0.2, 0.25) is 0 Å². The molecule has 0 unspecified atom stereocenters. The van der Waals surface area contributed by atoms with Crippen LogP contribution in [0.4, 0.5) is 0 Å². The van der Waals surface area contributed by atoms with Gasteiger partial charge in [0.15, 0.2) is 11.5 Å². The van der Waals surface area contributed by atoms with E-state index in [1.54, 1.807) is 19.2 Å². The van der Waals surface area contributed by atoms with E-state index in [9.17, 15) is 4.79 Å². The number of ether oxygens (including phenoxy) is 3. The third-order valence-corrected chi connectivity index (χ3v) is 3.27. The summed E-state index contributed by atoms with van der Waals surface area (Å²) in [6.07, 6.45) is 1.63. The van der Waals surface area contributed by atoms with Gasteiger partial charge in [-0.3, -0.25) is 4.79 Å². The number of methoxy groups -OCH3 is 1. The standard InChI is InChI=1S/C19H22O4/c1-5-6-22-19-17(21-4)10-15(12-20)11-18(19)23-16-8-13(2)7-14(3)9-16/h7-12H,5-6H2,1-4H3. The molecule has 0 aliphatic heterocycles. The van der Waals surface area contributed by atoms with E-state index in [1.165, 1.54) is 0 Å². The average molecular weight is 314 g/mol. The molecule has 4 heteroatoms. The van der Waals surface area contributed by atoms with Crippen LogP contribution in [0, 0.1) is 13.8 Å². The highest BCUT2D eigenvalue weighted by atomic mass is 16.5. The summed E-state index contributed by atoms with van der Waals surface area (Å²) < 4.78 is 17.1. The maximum absolute atomic E-state index is 11.2. The Balaban J connectivity index is 2.46. The average Bonchev–Trinajstić information content (AvgIpc) is 2.52. The molecule has 0 aromatic heterocycles. The van der Waals surface area contributed by atoms with Crippen molar-refractivity contribution in [2.45, 2.75) is 27.2 Å². The van der Waals surface area contributed by atoms with Gasteiger partial charge in [0.25, 0.3) is 0 Å². The summed E-state index contributed by atoms with van der Waals surface area (Å²) in [5.74, 6) is 2.18. The Morgan fingerprint density at radius 3 is 2.22 bits per heavy atom. The number of carbonyl (C=O) groups excluding carboxylic acids is 1. The Morgan fingerprint density at radius 1 is 1.00 bits per heavy atom. The lowest BCUT2D eigenvalue weighted by Gasteiger charge is -2.16. The molecule has 0 aliphatic rings. The van der Waals surface area contributed by atoms with Crippen molar-refractivity contribution < 1.29 is 19.0 Å². The molecule has 23 heavy (non-hydrogen) atoms. The van der Waals surface area contributed by atoms with Gasteiger partial charge in [0, 0.05) is 5.56 Å². The minimum Gasteiger partial charge on any atom is -0.493 e. The second-order valence-electron chi connectivity index (χ2n) is 5.44. The van der Waals surface area contributed by atoms with E-state index in [4.69, 9.17) is 14.2 Å². The molecule has 0 saturated heterocycles. The smallest absolute Gasteiger partial charge is 0.204 e. The third-order valence-electron chi connectivity index (χ3n) is 3.27. The van der Waals surface area contributed by atoms with Gasteiger partial charge in [0.05, 0.1) is 13.7 Å². The maximum atomic E-state index is 11.2. The number of hydrogen-bond donors (Lipinski definition) is 0. The molecule has 2 aromatic carbocycles. The fourth-order valence-corrected chi connectivity index (χ4v) is 2.36. The number of rotatable bonds is 7. The normalized spacial score (nSPS) is 10.3. The summed E-state index contributed by atoms with van der Waals surface area (Å²) in [7, 11) is 1.54. The molecule has 0 saturated carbocycles. The first-order valence-corrected chi connectivity index (χ1v) is 7.63. The predicted molar refractivity (Wildman–Crippen MR) is 90.2 cm³/mol. The molecule has 0 spiro atoms. The van der Waals surface area contributed by atoms with Crippen molar-refractivity contribution in [2.24, 2.45) is 0 Å². The molecule has 0 aliphatic carbocycles. The van der Waals surface area contributed by atoms with E-state index in [0.29, 0.717) is 35.2 Å². The zero-order valence-corrected chi connectivity index (χ0v) is 14.0. The summed E-state index contributed by atoms with van der Waals surface area (Å²) >= 11 is 0. The van der Waals surface area contributed by atoms with Gasteiger partial charge in [-0.2, -0.15) is 0 Å². The van der Waals surface area contributed by atoms with Crippen molar-refractivity contribution in [2.75, 3.05) is 13.7 Å². The van der Waals surface area contributed by atoms with Crippen LogP contribution in [-0.2, 0) is 0 Å². The van der Waals surface area contributed by atoms with Crippen LogP contribution in [0.25, 0.3) is 0 Å². The van der Waals surface area contributed by atoms with E-state index in [-0.39, 0.29) is 0 Å². The van der Waals surface area contributed by atoms with Crippen LogP contribution in [-0.4, -0.2) is 20.0 Å². The van der Waals surface area contributed by atoms with Crippen LogP contribution in [0.15, 0.2) is 30.3 Å². The van der Waals surface area contributed by atoms with E-state index >= 15 is 0 Å². The van der Waals surface area contributed by atoms with Gasteiger partial charge in [0.1, 0.15) is 12.0 Å². The van der Waals surface area contributed by atoms with Crippen LogP contribution in [0.1, 0.15) is 34.8 Å². The first-order valence-electron chi connectivity index (χ1n) is 7.63. The lowest BCUT2D eigenvalue weighted by Crippen LogP contribution is -2.01. The molecular weight excluding hydrogens is 292 g/mol. The van der Waals surface area contributed by atoms with Crippen molar-refractivity contribution >= 4 is 6.29 Å². The number of benzene rings is 2. The highest BCUT2D eigenvalue weighted by Gasteiger charge is 2.15. The maximum Gasteiger partial charge on any atom is 0.204 e. The van der Waals surface area contributed by atoms with Crippen molar-refractivity contribution in [3.05, 3.63) is 47.0 Å². The van der Waals surface area contributed by atoms with Gasteiger partial charge >= 0.3 is 0 Å². The predicted octanol–water partition coefficient (Wildman–Crippen LogP) is 4.71. The molecule has 0 fully saturated rings. The molecule has 0 bridgehead atoms. The highest BCUT2D eigenvalue weighted by molar-refractivity contribution is 5.78. The third kappa shape index (κ3) is 4.25. The van der Waals surface area contributed by atoms with Crippen molar-refractivity contribution in [3.8, 4) is 23.0 Å². The first-order chi connectivity index (χ1) is 11.1. The van der Waals surface area contributed by atoms with Gasteiger partial charge in [-0.15, -0.1) is 0 Å². The van der Waals surface area contributed by atoms with Gasteiger partial charge < -0.3 is 14.2 Å². The molecule has 0 radical (unpaired) electrons. The fourth-order valence-electron chi connectivity index (χ4n) is 2.36. The number of aldehydes is 1. The molecule has 2 aromatic rings. The first kappa shape index (κ1) is 16.9. The molecule has 0 amide bonds. The van der Waals surface area contributed by atoms with Crippen molar-refractivity contribution in [3.63, 3.8) is 0 Å². The summed E-state index contributed by atoms with van der Waals surface area (Å²) in [4.78, 5) is 11.2. The quantitative estimate of drug-likeness (QED) is 0.695. The van der Waals surface area contributed by atoms with Gasteiger partial charge in [0.2, 0.25) is 5.75 Å². The second kappa shape index (κ2) is 7.68. The number of aryl methyl sites for hydroxylation is 2. The Hall–Kier alpha value is -2.49. The summed E-state index contributed by atoms with van der Waals surface area (Å²) in [5.41, 5.74) is 2.69. The lowest BCUT2D eigenvalue weighted by atomic mass is 10.1. The van der Waals surface area contributed by atoms with Crippen LogP contribution in [0.3, 0.4) is 0 Å². The van der Waals surface area contributed by atoms with Gasteiger partial charge in [-0.25, -0.2) is 0 Å². The van der Waals surface area contributed by atoms with Gasteiger partial charge in [-0.1, -0.05) is 13.0 Å². The van der Waals surface area contributed by atoms with Crippen LogP contribution < -0.4 is 14.2 Å². The van der Waals surface area contributed by atoms with E-state index < -0.39 is 0 Å². The fraction of sp³-hybridized carbons (Fsp3) is 0.316. The molecular formula is C19H22O4. The Morgan fingerprint density at radius 2 is 1.65 bits per heavy atom. The number of carbonyl (C=O) groups is 1. The molecule has 122 valence electrons. The van der Waals surface area contributed by atoms with Crippen molar-refractivity contribution in [1.82, 2.24) is 0 Å². The summed E-state index contributed by atoms with van der Waals surface area (Å²) in [5, 5.41) is 0. The van der Waals surface area contributed by atoms with E-state index in [0.717, 1.165) is 23.8 Å². The Labute approximate surface area is 137 Å². The molecule has 0 atom stereocenters. The van der Waals surface area contributed by atoms with Gasteiger partial charge in [-0.05, 0) is 55.7 Å². The summed E-state index contributed by atoms with van der Waals surface area (Å²) in [6.45, 7) is 6.59. The van der Waals surface area contributed by atoms with Crippen LogP contribution >= 0.6 is 0 Å². The lowest BCUT2D eigenvalue weighted by molar-refractivity contribution is 0.112. The monoisotopic (exact) mass is 314 g/mol.